The first-order chi connectivity index (χ1) is 22.9. The van der Waals surface area contributed by atoms with Crippen molar-refractivity contribution in [3.63, 3.8) is 0 Å². The molecule has 2 aliphatic heterocycles. The molecule has 48 heavy (non-hydrogen) atoms. The van der Waals surface area contributed by atoms with Crippen LogP contribution in [-0.2, 0) is 4.74 Å². The first kappa shape index (κ1) is 31.4. The highest BCUT2D eigenvalue weighted by Crippen LogP contribution is 2.37. The number of rotatable bonds is 5. The second-order valence-electron chi connectivity index (χ2n) is 14.3. The number of aromatic nitrogens is 5. The van der Waals surface area contributed by atoms with Gasteiger partial charge in [0, 0.05) is 24.7 Å². The summed E-state index contributed by atoms with van der Waals surface area (Å²) in [5.74, 6) is 2.06. The maximum absolute atomic E-state index is 12.9. The summed E-state index contributed by atoms with van der Waals surface area (Å²) in [5, 5.41) is 10.6. The Hall–Kier alpha value is -5.19. The molecule has 0 bridgehead atoms. The number of pyridine rings is 1. The third kappa shape index (κ3) is 6.24. The van der Waals surface area contributed by atoms with Crippen molar-refractivity contribution in [2.24, 2.45) is 11.8 Å². The third-order valence-electron chi connectivity index (χ3n) is 9.20. The van der Waals surface area contributed by atoms with Crippen LogP contribution in [0.15, 0.2) is 67.0 Å². The van der Waals surface area contributed by atoms with Crippen molar-refractivity contribution < 1.29 is 19.4 Å². The molecule has 5 heterocycles. The number of hydrogen-bond acceptors (Lipinski definition) is 6. The number of ether oxygens (including phenoxy) is 1. The third-order valence-corrected chi connectivity index (χ3v) is 9.20. The van der Waals surface area contributed by atoms with Crippen molar-refractivity contribution in [1.82, 2.24) is 34.7 Å². The lowest BCUT2D eigenvalue weighted by Crippen LogP contribution is -2.37. The van der Waals surface area contributed by atoms with Crippen molar-refractivity contribution in [1.29, 1.82) is 0 Å². The number of amides is 2. The summed E-state index contributed by atoms with van der Waals surface area (Å²) in [6.07, 6.45) is 3.98. The smallest absolute Gasteiger partial charge is 0.410 e. The zero-order valence-electron chi connectivity index (χ0n) is 27.9. The fourth-order valence-electron chi connectivity index (χ4n) is 6.93. The number of imidazole rings is 2. The molecule has 2 amide bonds. The second kappa shape index (κ2) is 12.1. The SMILES string of the molecule is CC1CC(c2ncc(-c3ccc(-c4ccc5nc(-c6c[nH]c([C@@H]7C[C@H](C)CN7C(=O)OC(C)(C)C)n6)ccc5c4)cc3)[nH]2)N(C(=O)O)C1. The van der Waals surface area contributed by atoms with E-state index in [-0.39, 0.29) is 18.2 Å². The molecule has 248 valence electrons. The molecule has 2 unspecified atom stereocenters. The van der Waals surface area contributed by atoms with Crippen molar-refractivity contribution in [2.45, 2.75) is 65.1 Å². The molecule has 2 fully saturated rings. The molecule has 0 saturated carbocycles. The highest BCUT2D eigenvalue weighted by atomic mass is 16.6. The topological polar surface area (TPSA) is 140 Å². The Morgan fingerprint density at radius 1 is 0.833 bits per heavy atom. The fourth-order valence-corrected chi connectivity index (χ4v) is 6.93. The number of carbonyl (C=O) groups is 2. The summed E-state index contributed by atoms with van der Waals surface area (Å²) in [6, 6.07) is 18.1. The number of nitrogens with zero attached hydrogens (tertiary/aromatic N) is 5. The van der Waals surface area contributed by atoms with Crippen LogP contribution in [-0.4, -0.2) is 70.7 Å². The van der Waals surface area contributed by atoms with Crippen molar-refractivity contribution in [3.8, 4) is 33.8 Å². The number of nitrogens with one attached hydrogen (secondary N) is 2. The summed E-state index contributed by atoms with van der Waals surface area (Å²) in [5.41, 5.74) is 5.78. The van der Waals surface area contributed by atoms with Gasteiger partial charge in [-0.2, -0.15) is 0 Å². The predicted octanol–water partition coefficient (Wildman–Crippen LogP) is 8.06. The van der Waals surface area contributed by atoms with Crippen molar-refractivity contribution in [2.75, 3.05) is 13.1 Å². The summed E-state index contributed by atoms with van der Waals surface area (Å²) in [7, 11) is 0. The van der Waals surface area contributed by atoms with E-state index in [4.69, 9.17) is 14.7 Å². The van der Waals surface area contributed by atoms with Gasteiger partial charge in [-0.05, 0) is 80.3 Å². The Bertz CT molecular complexity index is 1980. The molecule has 11 nitrogen and oxygen atoms in total. The van der Waals surface area contributed by atoms with Crippen LogP contribution in [0.2, 0.25) is 0 Å². The minimum absolute atomic E-state index is 0.174. The minimum Gasteiger partial charge on any atom is -0.465 e. The number of benzene rings is 2. The molecule has 2 saturated heterocycles. The molecular weight excluding hydrogens is 606 g/mol. The Balaban J connectivity index is 1.06. The van der Waals surface area contributed by atoms with Gasteiger partial charge in [0.1, 0.15) is 22.9 Å². The maximum atomic E-state index is 12.9. The first-order valence-electron chi connectivity index (χ1n) is 16.5. The van der Waals surface area contributed by atoms with Crippen molar-refractivity contribution >= 4 is 23.1 Å². The average molecular weight is 648 g/mol. The van der Waals surface area contributed by atoms with Gasteiger partial charge < -0.3 is 19.8 Å². The zero-order valence-corrected chi connectivity index (χ0v) is 27.9. The van der Waals surface area contributed by atoms with E-state index >= 15 is 0 Å². The van der Waals surface area contributed by atoms with Crippen molar-refractivity contribution in [3.05, 3.63) is 78.6 Å². The highest BCUT2D eigenvalue weighted by Gasteiger charge is 2.38. The molecule has 4 atom stereocenters. The maximum Gasteiger partial charge on any atom is 0.410 e. The van der Waals surface area contributed by atoms with Crippen LogP contribution < -0.4 is 0 Å². The number of hydrogen-bond donors (Lipinski definition) is 3. The lowest BCUT2D eigenvalue weighted by molar-refractivity contribution is 0.0214. The Morgan fingerprint density at radius 3 is 2.21 bits per heavy atom. The molecule has 5 aromatic rings. The van der Waals surface area contributed by atoms with E-state index in [2.05, 4.69) is 71.3 Å². The van der Waals surface area contributed by atoms with E-state index in [1.54, 1.807) is 11.1 Å². The summed E-state index contributed by atoms with van der Waals surface area (Å²) < 4.78 is 5.67. The molecule has 0 aliphatic carbocycles. The van der Waals surface area contributed by atoms with E-state index in [0.29, 0.717) is 30.7 Å². The Morgan fingerprint density at radius 2 is 1.50 bits per heavy atom. The number of fused-ring (bicyclic) bond motifs is 1. The van der Waals surface area contributed by atoms with Gasteiger partial charge in [-0.15, -0.1) is 0 Å². The number of likely N-dealkylation sites (tertiary alicyclic amines) is 2. The van der Waals surface area contributed by atoms with Crippen LogP contribution in [0.5, 0.6) is 0 Å². The molecule has 2 aromatic carbocycles. The highest BCUT2D eigenvalue weighted by molar-refractivity contribution is 5.86. The van der Waals surface area contributed by atoms with Gasteiger partial charge in [0.2, 0.25) is 0 Å². The quantitative estimate of drug-likeness (QED) is 0.175. The average Bonchev–Trinajstić information content (AvgIpc) is 3.86. The van der Waals surface area contributed by atoms with Gasteiger partial charge in [0.05, 0.1) is 35.2 Å². The minimum atomic E-state index is -0.911. The normalized spacial score (nSPS) is 21.3. The molecule has 7 rings (SSSR count). The number of aromatic amines is 2. The van der Waals surface area contributed by atoms with Crippen LogP contribution in [0.4, 0.5) is 9.59 Å². The molecule has 2 aliphatic rings. The van der Waals surface area contributed by atoms with E-state index < -0.39 is 11.7 Å². The molecule has 0 radical (unpaired) electrons. The molecule has 0 spiro atoms. The number of H-pyrrole nitrogens is 2. The molecule has 3 N–H and O–H groups in total. The molecular formula is C37H41N7O4. The first-order valence-corrected chi connectivity index (χ1v) is 16.5. The lowest BCUT2D eigenvalue weighted by atomic mass is 10.0. The summed E-state index contributed by atoms with van der Waals surface area (Å²) in [6.45, 7) is 11.0. The zero-order chi connectivity index (χ0) is 33.7. The summed E-state index contributed by atoms with van der Waals surface area (Å²) >= 11 is 0. The second-order valence-corrected chi connectivity index (χ2v) is 14.3. The molecule has 11 heteroatoms. The Labute approximate surface area is 279 Å². The molecule has 3 aromatic heterocycles. The van der Waals surface area contributed by atoms with Gasteiger partial charge in [-0.1, -0.05) is 50.2 Å². The van der Waals surface area contributed by atoms with Gasteiger partial charge in [-0.25, -0.2) is 24.5 Å². The van der Waals surface area contributed by atoms with Gasteiger partial charge in [-0.3, -0.25) is 9.80 Å². The van der Waals surface area contributed by atoms with E-state index in [0.717, 1.165) is 63.3 Å². The fraction of sp³-hybridized carbons (Fsp3) is 0.378. The van der Waals surface area contributed by atoms with Crippen LogP contribution in [0.25, 0.3) is 44.7 Å². The Kier molecular flexibility index (Phi) is 7.93. The number of carbonyl (C=O) groups excluding carboxylic acids is 1. The van der Waals surface area contributed by atoms with Crippen LogP contribution >= 0.6 is 0 Å². The monoisotopic (exact) mass is 647 g/mol. The van der Waals surface area contributed by atoms with Crippen LogP contribution in [0.3, 0.4) is 0 Å². The van der Waals surface area contributed by atoms with E-state index in [1.807, 2.05) is 39.1 Å². The van der Waals surface area contributed by atoms with E-state index in [9.17, 15) is 14.7 Å². The van der Waals surface area contributed by atoms with E-state index in [1.165, 1.54) is 4.90 Å². The lowest BCUT2D eigenvalue weighted by Gasteiger charge is -2.27. The number of carboxylic acid groups (broad SMARTS) is 1. The predicted molar refractivity (Wildman–Crippen MR) is 183 cm³/mol. The van der Waals surface area contributed by atoms with Gasteiger partial charge in [0.15, 0.2) is 0 Å². The standard InChI is InChI=1S/C37H41N7O4/c1-21-14-31(43(19-21)35(45)46)33-38-17-29(41-33)24-8-6-23(7-9-24)25-10-12-27-26(16-25)11-13-28(40-27)30-18-39-34(42-30)32-15-22(2)20-44(32)36(47)48-37(3,4)5/h6-13,16-18,21-22,31-32H,14-15,19-20H2,1-5H3,(H,38,41)(H,39,42)(H,45,46)/t21?,22-,31?,32-/m0/s1. The van der Waals surface area contributed by atoms with Crippen LogP contribution in [0, 0.1) is 11.8 Å². The van der Waals surface area contributed by atoms with Gasteiger partial charge in [0.25, 0.3) is 0 Å². The largest absolute Gasteiger partial charge is 0.465 e. The van der Waals surface area contributed by atoms with Gasteiger partial charge >= 0.3 is 12.2 Å². The summed E-state index contributed by atoms with van der Waals surface area (Å²) in [4.78, 5) is 48.9. The van der Waals surface area contributed by atoms with Crippen LogP contribution in [0.1, 0.15) is 71.2 Å².